The van der Waals surface area contributed by atoms with Crippen molar-refractivity contribution in [1.29, 1.82) is 0 Å². The van der Waals surface area contributed by atoms with E-state index in [1.165, 1.54) is 0 Å². The Labute approximate surface area is 126 Å². The molecule has 1 aromatic rings. The number of nitrogens with zero attached hydrogens (tertiary/aromatic N) is 1. The molecule has 118 valence electrons. The van der Waals surface area contributed by atoms with Gasteiger partial charge in [0.05, 0.1) is 12.1 Å². The van der Waals surface area contributed by atoms with Crippen LogP contribution in [0, 0.1) is 5.41 Å². The van der Waals surface area contributed by atoms with Crippen LogP contribution in [0.5, 0.6) is 0 Å². The molecule has 2 atom stereocenters. The highest BCUT2D eigenvalue weighted by Gasteiger charge is 2.42. The van der Waals surface area contributed by atoms with Crippen LogP contribution < -0.4 is 5.32 Å². The van der Waals surface area contributed by atoms with E-state index < -0.39 is 6.43 Å². The molecule has 0 saturated carbocycles. The molecule has 2 nitrogen and oxygen atoms in total. The lowest BCUT2D eigenvalue weighted by molar-refractivity contribution is -0.0199. The Kier molecular flexibility index (Phi) is 4.69. The van der Waals surface area contributed by atoms with E-state index in [9.17, 15) is 8.78 Å². The molecular formula is C17H26F2N2. The third kappa shape index (κ3) is 3.61. The Morgan fingerprint density at radius 2 is 1.90 bits per heavy atom. The minimum Gasteiger partial charge on any atom is -0.310 e. The Hall–Kier alpha value is -1.00. The summed E-state index contributed by atoms with van der Waals surface area (Å²) in [6.45, 7) is 9.64. The van der Waals surface area contributed by atoms with Crippen molar-refractivity contribution < 1.29 is 8.78 Å². The maximum atomic E-state index is 13.0. The van der Waals surface area contributed by atoms with Crippen molar-refractivity contribution in [3.8, 4) is 0 Å². The van der Waals surface area contributed by atoms with Crippen LogP contribution in [0.1, 0.15) is 33.3 Å². The van der Waals surface area contributed by atoms with Gasteiger partial charge in [-0.2, -0.15) is 0 Å². The highest BCUT2D eigenvalue weighted by atomic mass is 19.3. The summed E-state index contributed by atoms with van der Waals surface area (Å²) in [6, 6.07) is 10.2. The number of hydrogen-bond acceptors (Lipinski definition) is 2. The first-order valence-corrected chi connectivity index (χ1v) is 7.55. The average Bonchev–Trinajstić information content (AvgIpc) is 2.40. The zero-order valence-corrected chi connectivity index (χ0v) is 13.4. The molecule has 2 rings (SSSR count). The van der Waals surface area contributed by atoms with E-state index in [-0.39, 0.29) is 23.5 Å². The van der Waals surface area contributed by atoms with E-state index in [1.54, 1.807) is 0 Å². The van der Waals surface area contributed by atoms with Crippen LogP contribution >= 0.6 is 0 Å². The second-order valence-electron chi connectivity index (χ2n) is 7.24. The van der Waals surface area contributed by atoms with Gasteiger partial charge in [0.25, 0.3) is 6.43 Å². The van der Waals surface area contributed by atoms with Crippen molar-refractivity contribution >= 4 is 0 Å². The van der Waals surface area contributed by atoms with Crippen LogP contribution in [0.3, 0.4) is 0 Å². The minimum absolute atomic E-state index is 0.0540. The summed E-state index contributed by atoms with van der Waals surface area (Å²) in [5, 5.41) is 3.56. The van der Waals surface area contributed by atoms with Gasteiger partial charge >= 0.3 is 0 Å². The molecule has 1 heterocycles. The van der Waals surface area contributed by atoms with E-state index in [2.05, 4.69) is 33.0 Å². The molecule has 0 spiro atoms. The maximum absolute atomic E-state index is 13.0. The van der Waals surface area contributed by atoms with Crippen molar-refractivity contribution in [1.82, 2.24) is 10.2 Å². The highest BCUT2D eigenvalue weighted by molar-refractivity contribution is 5.25. The lowest BCUT2D eigenvalue weighted by Crippen LogP contribution is -2.65. The van der Waals surface area contributed by atoms with E-state index in [0.717, 1.165) is 5.56 Å². The number of hydrogen-bond donors (Lipinski definition) is 1. The zero-order valence-electron chi connectivity index (χ0n) is 13.4. The van der Waals surface area contributed by atoms with Crippen LogP contribution in [-0.2, 0) is 5.54 Å². The molecule has 1 aromatic carbocycles. The van der Waals surface area contributed by atoms with E-state index >= 15 is 0 Å². The predicted molar refractivity (Wildman–Crippen MR) is 82.6 cm³/mol. The summed E-state index contributed by atoms with van der Waals surface area (Å²) in [7, 11) is 0. The third-order valence-electron chi connectivity index (χ3n) is 4.59. The molecule has 21 heavy (non-hydrogen) atoms. The number of rotatable bonds is 3. The zero-order chi connectivity index (χ0) is 15.7. The fourth-order valence-corrected chi connectivity index (χ4v) is 3.02. The SMILES string of the molecule is CC(C)(C)C1CN(CC(F)F)C(C)(c2ccccc2)CN1. The van der Waals surface area contributed by atoms with Crippen molar-refractivity contribution in [3.05, 3.63) is 35.9 Å². The van der Waals surface area contributed by atoms with Gasteiger partial charge in [0.15, 0.2) is 0 Å². The van der Waals surface area contributed by atoms with Crippen LogP contribution in [0.4, 0.5) is 8.78 Å². The molecule has 0 aromatic heterocycles. The standard InChI is InChI=1S/C17H26F2N2/c1-16(2,3)14-10-21(11-15(18)19)17(4,12-20-14)13-8-6-5-7-9-13/h5-9,14-15,20H,10-12H2,1-4H3. The fraction of sp³-hybridized carbons (Fsp3) is 0.647. The quantitative estimate of drug-likeness (QED) is 0.918. The first-order chi connectivity index (χ1) is 9.73. The number of halogens is 2. The molecule has 0 aliphatic carbocycles. The van der Waals surface area contributed by atoms with E-state index in [4.69, 9.17) is 0 Å². The van der Waals surface area contributed by atoms with Crippen LogP contribution in [-0.4, -0.2) is 37.0 Å². The molecule has 0 amide bonds. The van der Waals surface area contributed by atoms with Gasteiger partial charge in [-0.05, 0) is 17.9 Å². The van der Waals surface area contributed by atoms with Gasteiger partial charge in [-0.25, -0.2) is 8.78 Å². The Balaban J connectivity index is 2.28. The first-order valence-electron chi connectivity index (χ1n) is 7.55. The van der Waals surface area contributed by atoms with Gasteiger partial charge in [0.1, 0.15) is 0 Å². The Morgan fingerprint density at radius 1 is 1.29 bits per heavy atom. The number of nitrogens with one attached hydrogen (secondary N) is 1. The molecule has 0 radical (unpaired) electrons. The summed E-state index contributed by atoms with van der Waals surface area (Å²) in [6.07, 6.45) is -2.31. The van der Waals surface area contributed by atoms with Crippen molar-refractivity contribution in [2.45, 2.75) is 45.7 Å². The molecule has 0 bridgehead atoms. The van der Waals surface area contributed by atoms with Gasteiger partial charge in [0, 0.05) is 19.1 Å². The smallest absolute Gasteiger partial charge is 0.251 e. The first kappa shape index (κ1) is 16.4. The molecule has 1 aliphatic heterocycles. The van der Waals surface area contributed by atoms with Crippen LogP contribution in [0.2, 0.25) is 0 Å². The second-order valence-corrected chi connectivity index (χ2v) is 7.24. The molecule has 1 aliphatic rings. The second kappa shape index (κ2) is 6.01. The fourth-order valence-electron chi connectivity index (χ4n) is 3.02. The Bertz CT molecular complexity index is 456. The van der Waals surface area contributed by atoms with Gasteiger partial charge < -0.3 is 5.32 Å². The lowest BCUT2D eigenvalue weighted by atomic mass is 9.80. The topological polar surface area (TPSA) is 15.3 Å². The van der Waals surface area contributed by atoms with Crippen molar-refractivity contribution in [2.75, 3.05) is 19.6 Å². The monoisotopic (exact) mass is 296 g/mol. The number of benzene rings is 1. The predicted octanol–water partition coefficient (Wildman–Crippen LogP) is 3.49. The van der Waals surface area contributed by atoms with Gasteiger partial charge in [0.2, 0.25) is 0 Å². The molecular weight excluding hydrogens is 270 g/mol. The maximum Gasteiger partial charge on any atom is 0.251 e. The van der Waals surface area contributed by atoms with Gasteiger partial charge in [-0.15, -0.1) is 0 Å². The molecule has 2 unspecified atom stereocenters. The summed E-state index contributed by atoms with van der Waals surface area (Å²) < 4.78 is 26.1. The van der Waals surface area contributed by atoms with Crippen molar-refractivity contribution in [3.63, 3.8) is 0 Å². The molecule has 1 N–H and O–H groups in total. The van der Waals surface area contributed by atoms with Gasteiger partial charge in [-0.3, -0.25) is 4.90 Å². The number of piperazine rings is 1. The van der Waals surface area contributed by atoms with E-state index in [0.29, 0.717) is 13.1 Å². The summed E-state index contributed by atoms with van der Waals surface area (Å²) in [4.78, 5) is 1.94. The summed E-state index contributed by atoms with van der Waals surface area (Å²) >= 11 is 0. The summed E-state index contributed by atoms with van der Waals surface area (Å²) in [5.41, 5.74) is 0.753. The molecule has 4 heteroatoms. The van der Waals surface area contributed by atoms with Crippen LogP contribution in [0.25, 0.3) is 0 Å². The summed E-state index contributed by atoms with van der Waals surface area (Å²) in [5.74, 6) is 0. The molecule has 1 fully saturated rings. The third-order valence-corrected chi connectivity index (χ3v) is 4.59. The van der Waals surface area contributed by atoms with Crippen molar-refractivity contribution in [2.24, 2.45) is 5.41 Å². The normalized spacial score (nSPS) is 28.0. The average molecular weight is 296 g/mol. The Morgan fingerprint density at radius 3 is 2.43 bits per heavy atom. The van der Waals surface area contributed by atoms with Crippen LogP contribution in [0.15, 0.2) is 30.3 Å². The largest absolute Gasteiger partial charge is 0.310 e. The number of alkyl halides is 2. The lowest BCUT2D eigenvalue weighted by Gasteiger charge is -2.51. The van der Waals surface area contributed by atoms with Gasteiger partial charge in [-0.1, -0.05) is 51.1 Å². The minimum atomic E-state index is -2.31. The molecule has 1 saturated heterocycles. The highest BCUT2D eigenvalue weighted by Crippen LogP contribution is 2.34. The van der Waals surface area contributed by atoms with E-state index in [1.807, 2.05) is 35.2 Å².